The molecule has 0 amide bonds. The van der Waals surface area contributed by atoms with E-state index in [1.165, 1.54) is 0 Å². The molecule has 0 aliphatic carbocycles. The van der Waals surface area contributed by atoms with Crippen LogP contribution in [0.25, 0.3) is 0 Å². The van der Waals surface area contributed by atoms with E-state index >= 15 is 0 Å². The molecule has 0 saturated carbocycles. The maximum atomic E-state index is 10.2. The van der Waals surface area contributed by atoms with Crippen LogP contribution in [0.3, 0.4) is 0 Å². The molecule has 0 fully saturated rings. The van der Waals surface area contributed by atoms with Crippen LogP contribution >= 0.6 is 0 Å². The van der Waals surface area contributed by atoms with E-state index in [0.29, 0.717) is 13.0 Å². The number of aliphatic hydroxyl groups excluding tert-OH is 2. The van der Waals surface area contributed by atoms with Gasteiger partial charge in [0.25, 0.3) is 0 Å². The van der Waals surface area contributed by atoms with Gasteiger partial charge >= 0.3 is 0 Å². The molecule has 0 aliphatic rings. The third-order valence-electron chi connectivity index (χ3n) is 3.77. The van der Waals surface area contributed by atoms with E-state index in [1.54, 1.807) is 0 Å². The fourth-order valence-corrected chi connectivity index (χ4v) is 2.41. The van der Waals surface area contributed by atoms with Gasteiger partial charge in [0.15, 0.2) is 0 Å². The van der Waals surface area contributed by atoms with Crippen molar-refractivity contribution in [2.45, 2.75) is 24.6 Å². The Balaban J connectivity index is 1.84. The first kappa shape index (κ1) is 16.6. The molecule has 2 aromatic carbocycles. The molecule has 118 valence electrons. The second-order valence-electron chi connectivity index (χ2n) is 5.48. The molecule has 2 aromatic rings. The molecule has 3 atom stereocenters. The van der Waals surface area contributed by atoms with E-state index in [9.17, 15) is 10.2 Å². The van der Waals surface area contributed by atoms with Gasteiger partial charge in [-0.05, 0) is 17.5 Å². The number of hydrogen-bond donors (Lipinski definition) is 4. The summed E-state index contributed by atoms with van der Waals surface area (Å²) in [5.41, 5.74) is 8.16. The van der Waals surface area contributed by atoms with E-state index in [0.717, 1.165) is 11.1 Å². The minimum atomic E-state index is -0.669. The maximum absolute atomic E-state index is 10.2. The first-order valence-electron chi connectivity index (χ1n) is 7.57. The van der Waals surface area contributed by atoms with Gasteiger partial charge in [-0.15, -0.1) is 0 Å². The van der Waals surface area contributed by atoms with Crippen LogP contribution in [-0.4, -0.2) is 35.5 Å². The molecule has 4 nitrogen and oxygen atoms in total. The number of nitrogens with one attached hydrogen (secondary N) is 1. The van der Waals surface area contributed by atoms with E-state index in [1.807, 2.05) is 60.7 Å². The van der Waals surface area contributed by atoms with Crippen LogP contribution < -0.4 is 11.1 Å². The van der Waals surface area contributed by atoms with Gasteiger partial charge < -0.3 is 21.3 Å². The zero-order valence-corrected chi connectivity index (χ0v) is 12.6. The average Bonchev–Trinajstić information content (AvgIpc) is 2.57. The van der Waals surface area contributed by atoms with Crippen LogP contribution in [0, 0.1) is 0 Å². The molecular formula is C18H24N2O2. The van der Waals surface area contributed by atoms with Crippen LogP contribution in [-0.2, 0) is 6.42 Å². The number of nitrogens with two attached hydrogens (primary N) is 1. The number of aliphatic hydroxyl groups is 2. The van der Waals surface area contributed by atoms with Gasteiger partial charge in [-0.3, -0.25) is 0 Å². The molecule has 0 aromatic heterocycles. The summed E-state index contributed by atoms with van der Waals surface area (Å²) in [6, 6.07) is 19.0. The molecule has 0 aliphatic heterocycles. The summed E-state index contributed by atoms with van der Waals surface area (Å²) >= 11 is 0. The lowest BCUT2D eigenvalue weighted by molar-refractivity contribution is 0.131. The third-order valence-corrected chi connectivity index (χ3v) is 3.77. The standard InChI is InChI=1S/C18H24N2O2/c19-16(11-14-7-3-1-4-8-14)18(22)12-20-17(13-21)15-9-5-2-6-10-15/h1-10,16-18,20-22H,11-13,19H2/t16-,17-,18+/m0/s1. The third kappa shape index (κ3) is 4.93. The van der Waals surface area contributed by atoms with Crippen LogP contribution in [0.2, 0.25) is 0 Å². The molecule has 0 radical (unpaired) electrons. The average molecular weight is 300 g/mol. The van der Waals surface area contributed by atoms with Gasteiger partial charge in [-0.25, -0.2) is 0 Å². The molecule has 0 saturated heterocycles. The Kier molecular flexibility index (Phi) is 6.55. The van der Waals surface area contributed by atoms with E-state index < -0.39 is 6.10 Å². The molecule has 0 bridgehead atoms. The second-order valence-corrected chi connectivity index (χ2v) is 5.48. The highest BCUT2D eigenvalue weighted by Gasteiger charge is 2.17. The van der Waals surface area contributed by atoms with Crippen molar-refractivity contribution in [3.8, 4) is 0 Å². The lowest BCUT2D eigenvalue weighted by Crippen LogP contribution is -2.44. The highest BCUT2D eigenvalue weighted by Crippen LogP contribution is 2.12. The van der Waals surface area contributed by atoms with E-state index in [-0.39, 0.29) is 18.7 Å². The summed E-state index contributed by atoms with van der Waals surface area (Å²) in [6.45, 7) is 0.318. The molecular weight excluding hydrogens is 276 g/mol. The fraction of sp³-hybridized carbons (Fsp3) is 0.333. The zero-order valence-electron chi connectivity index (χ0n) is 12.6. The lowest BCUT2D eigenvalue weighted by Gasteiger charge is -2.23. The maximum Gasteiger partial charge on any atom is 0.0818 e. The minimum absolute atomic E-state index is 0.0232. The van der Waals surface area contributed by atoms with Gasteiger partial charge in [0.05, 0.1) is 18.8 Å². The topological polar surface area (TPSA) is 78.5 Å². The summed E-state index contributed by atoms with van der Waals surface area (Å²) in [5, 5.41) is 22.9. The van der Waals surface area contributed by atoms with Crippen molar-refractivity contribution < 1.29 is 10.2 Å². The van der Waals surface area contributed by atoms with Gasteiger partial charge in [0, 0.05) is 12.6 Å². The van der Waals surface area contributed by atoms with Gasteiger partial charge in [0.1, 0.15) is 0 Å². The van der Waals surface area contributed by atoms with Crippen molar-refractivity contribution in [3.05, 3.63) is 71.8 Å². The highest BCUT2D eigenvalue weighted by atomic mass is 16.3. The number of rotatable bonds is 8. The summed E-state index contributed by atoms with van der Waals surface area (Å²) in [6.07, 6.45) is -0.0447. The normalized spacial score (nSPS) is 15.2. The van der Waals surface area contributed by atoms with Crippen molar-refractivity contribution in [1.29, 1.82) is 0 Å². The van der Waals surface area contributed by atoms with Gasteiger partial charge in [-0.2, -0.15) is 0 Å². The Morgan fingerprint density at radius 1 is 0.955 bits per heavy atom. The van der Waals surface area contributed by atoms with Crippen molar-refractivity contribution in [3.63, 3.8) is 0 Å². The minimum Gasteiger partial charge on any atom is -0.394 e. The molecule has 4 heteroatoms. The van der Waals surface area contributed by atoms with Crippen LogP contribution in [0.5, 0.6) is 0 Å². The predicted octanol–water partition coefficient (Wildman–Crippen LogP) is 1.24. The summed E-state index contributed by atoms with van der Waals surface area (Å²) < 4.78 is 0. The summed E-state index contributed by atoms with van der Waals surface area (Å²) in [5.74, 6) is 0. The molecule has 0 heterocycles. The Hall–Kier alpha value is -1.72. The number of hydrogen-bond acceptors (Lipinski definition) is 4. The first-order chi connectivity index (χ1) is 10.7. The Labute approximate surface area is 131 Å². The number of benzene rings is 2. The zero-order chi connectivity index (χ0) is 15.8. The summed E-state index contributed by atoms with van der Waals surface area (Å²) in [7, 11) is 0. The first-order valence-corrected chi connectivity index (χ1v) is 7.57. The van der Waals surface area contributed by atoms with Crippen molar-refractivity contribution in [2.75, 3.05) is 13.2 Å². The molecule has 22 heavy (non-hydrogen) atoms. The molecule has 0 spiro atoms. The molecule has 5 N–H and O–H groups in total. The van der Waals surface area contributed by atoms with E-state index in [2.05, 4.69) is 5.32 Å². The SMILES string of the molecule is N[C@@H](Cc1ccccc1)[C@H](O)CN[C@@H](CO)c1ccccc1. The van der Waals surface area contributed by atoms with Crippen LogP contribution in [0.1, 0.15) is 17.2 Å². The van der Waals surface area contributed by atoms with Gasteiger partial charge in [0.2, 0.25) is 0 Å². The van der Waals surface area contributed by atoms with Crippen LogP contribution in [0.15, 0.2) is 60.7 Å². The van der Waals surface area contributed by atoms with Crippen molar-refractivity contribution in [2.24, 2.45) is 5.73 Å². The van der Waals surface area contributed by atoms with Crippen LogP contribution in [0.4, 0.5) is 0 Å². The quantitative estimate of drug-likeness (QED) is 0.591. The summed E-state index contributed by atoms with van der Waals surface area (Å²) in [4.78, 5) is 0. The highest BCUT2D eigenvalue weighted by molar-refractivity contribution is 5.19. The second kappa shape index (κ2) is 8.66. The van der Waals surface area contributed by atoms with Gasteiger partial charge in [-0.1, -0.05) is 60.7 Å². The largest absolute Gasteiger partial charge is 0.394 e. The smallest absolute Gasteiger partial charge is 0.0818 e. The Morgan fingerprint density at radius 3 is 2.14 bits per heavy atom. The fourth-order valence-electron chi connectivity index (χ4n) is 2.41. The monoisotopic (exact) mass is 300 g/mol. The van der Waals surface area contributed by atoms with Crippen molar-refractivity contribution in [1.82, 2.24) is 5.32 Å². The molecule has 0 unspecified atom stereocenters. The predicted molar refractivity (Wildman–Crippen MR) is 88.4 cm³/mol. The molecule has 2 rings (SSSR count). The Bertz CT molecular complexity index is 533. The lowest BCUT2D eigenvalue weighted by atomic mass is 10.0. The van der Waals surface area contributed by atoms with Crippen molar-refractivity contribution >= 4 is 0 Å². The van der Waals surface area contributed by atoms with E-state index in [4.69, 9.17) is 5.73 Å². The Morgan fingerprint density at radius 2 is 1.55 bits per heavy atom.